The van der Waals surface area contributed by atoms with Crippen LogP contribution in [0.4, 0.5) is 0 Å². The number of hydrogen-bond donors (Lipinski definition) is 0. The van der Waals surface area contributed by atoms with Crippen LogP contribution in [-0.2, 0) is 0 Å². The highest BCUT2D eigenvalue weighted by Gasteiger charge is 2.41. The maximum absolute atomic E-state index is 12.3. The fraction of sp³-hybridized carbons (Fsp3) is 0.500. The lowest BCUT2D eigenvalue weighted by Crippen LogP contribution is -2.45. The van der Waals surface area contributed by atoms with E-state index in [9.17, 15) is 4.79 Å². The van der Waals surface area contributed by atoms with E-state index in [1.54, 1.807) is 0 Å². The average molecular weight is 217 g/mol. The summed E-state index contributed by atoms with van der Waals surface area (Å²) in [5.74, 6) is 0.732. The fourth-order valence-corrected chi connectivity index (χ4v) is 2.33. The van der Waals surface area contributed by atoms with Crippen LogP contribution >= 0.6 is 0 Å². The summed E-state index contributed by atoms with van der Waals surface area (Å²) < 4.78 is 0. The summed E-state index contributed by atoms with van der Waals surface area (Å²) in [6.07, 6.45) is 1.10. The van der Waals surface area contributed by atoms with Gasteiger partial charge in [0, 0.05) is 17.6 Å². The van der Waals surface area contributed by atoms with Gasteiger partial charge in [0.2, 0.25) is 0 Å². The molecule has 2 nitrogen and oxygen atoms in total. The van der Waals surface area contributed by atoms with Gasteiger partial charge in [0.15, 0.2) is 0 Å². The van der Waals surface area contributed by atoms with Crippen molar-refractivity contribution in [2.45, 2.75) is 32.7 Å². The second-order valence-electron chi connectivity index (χ2n) is 5.17. The quantitative estimate of drug-likeness (QED) is 0.708. The first-order valence-electron chi connectivity index (χ1n) is 5.90. The summed E-state index contributed by atoms with van der Waals surface area (Å²) in [6.45, 7) is 7.41. The first kappa shape index (κ1) is 11.2. The Bertz CT molecular complexity index is 383. The third-order valence-electron chi connectivity index (χ3n) is 3.95. The van der Waals surface area contributed by atoms with E-state index in [1.165, 1.54) is 0 Å². The average Bonchev–Trinajstić information content (AvgIpc) is 2.54. The van der Waals surface area contributed by atoms with Crippen LogP contribution in [-0.4, -0.2) is 22.9 Å². The zero-order chi connectivity index (χ0) is 11.8. The number of likely N-dealkylation sites (tertiary alicyclic amines) is 1. The summed E-state index contributed by atoms with van der Waals surface area (Å²) in [6, 6.07) is 9.55. The Labute approximate surface area is 97.3 Å². The number of amides is 1. The summed E-state index contributed by atoms with van der Waals surface area (Å²) >= 11 is 0. The van der Waals surface area contributed by atoms with Crippen LogP contribution in [0.25, 0.3) is 0 Å². The number of carbonyl (C=O) groups excluding carboxylic acids is 1. The molecule has 0 spiro atoms. The van der Waals surface area contributed by atoms with Crippen LogP contribution in [0.5, 0.6) is 0 Å². The first-order valence-corrected chi connectivity index (χ1v) is 5.90. The molecular weight excluding hydrogens is 198 g/mol. The van der Waals surface area contributed by atoms with E-state index in [0.717, 1.165) is 18.5 Å². The number of rotatable bonds is 1. The maximum atomic E-state index is 12.3. The molecule has 1 fully saturated rings. The first-order chi connectivity index (χ1) is 7.53. The zero-order valence-corrected chi connectivity index (χ0v) is 10.2. The predicted molar refractivity (Wildman–Crippen MR) is 65.3 cm³/mol. The molecule has 0 aliphatic carbocycles. The largest absolute Gasteiger partial charge is 0.333 e. The second-order valence-corrected chi connectivity index (χ2v) is 5.17. The van der Waals surface area contributed by atoms with Crippen molar-refractivity contribution in [1.29, 1.82) is 0 Å². The topological polar surface area (TPSA) is 20.3 Å². The van der Waals surface area contributed by atoms with E-state index < -0.39 is 0 Å². The van der Waals surface area contributed by atoms with Gasteiger partial charge in [0.1, 0.15) is 0 Å². The number of benzene rings is 1. The Morgan fingerprint density at radius 2 is 1.94 bits per heavy atom. The molecule has 0 saturated carbocycles. The van der Waals surface area contributed by atoms with Crippen LogP contribution < -0.4 is 0 Å². The summed E-state index contributed by atoms with van der Waals surface area (Å²) in [5.41, 5.74) is 0.775. The molecule has 2 heteroatoms. The lowest BCUT2D eigenvalue weighted by molar-refractivity contribution is 0.0612. The van der Waals surface area contributed by atoms with Crippen molar-refractivity contribution in [2.24, 2.45) is 5.92 Å². The molecule has 1 amide bonds. The van der Waals surface area contributed by atoms with Gasteiger partial charge in [0.05, 0.1) is 0 Å². The van der Waals surface area contributed by atoms with Gasteiger partial charge in [-0.2, -0.15) is 0 Å². The van der Waals surface area contributed by atoms with Crippen molar-refractivity contribution in [2.75, 3.05) is 6.54 Å². The SMILES string of the molecule is C[C@H]1CCN(C(=O)c2ccccc2)C1(C)C. The van der Waals surface area contributed by atoms with E-state index in [0.29, 0.717) is 5.92 Å². The molecule has 1 aromatic carbocycles. The van der Waals surface area contributed by atoms with Gasteiger partial charge in [-0.25, -0.2) is 0 Å². The highest BCUT2D eigenvalue weighted by Crippen LogP contribution is 2.34. The molecule has 1 aliphatic rings. The summed E-state index contributed by atoms with van der Waals surface area (Å²) in [5, 5.41) is 0. The minimum Gasteiger partial charge on any atom is -0.333 e. The van der Waals surface area contributed by atoms with Gasteiger partial charge in [-0.3, -0.25) is 4.79 Å². The van der Waals surface area contributed by atoms with Gasteiger partial charge in [-0.1, -0.05) is 25.1 Å². The van der Waals surface area contributed by atoms with E-state index in [1.807, 2.05) is 35.2 Å². The van der Waals surface area contributed by atoms with Crippen molar-refractivity contribution in [3.05, 3.63) is 35.9 Å². The van der Waals surface area contributed by atoms with Gasteiger partial charge in [-0.15, -0.1) is 0 Å². The molecule has 2 rings (SSSR count). The zero-order valence-electron chi connectivity index (χ0n) is 10.2. The smallest absolute Gasteiger partial charge is 0.254 e. The highest BCUT2D eigenvalue weighted by molar-refractivity contribution is 5.94. The summed E-state index contributed by atoms with van der Waals surface area (Å²) in [7, 11) is 0. The number of carbonyl (C=O) groups is 1. The van der Waals surface area contributed by atoms with Crippen LogP contribution in [0.2, 0.25) is 0 Å². The van der Waals surface area contributed by atoms with Crippen LogP contribution in [0.15, 0.2) is 30.3 Å². The Morgan fingerprint density at radius 3 is 2.44 bits per heavy atom. The molecular formula is C14H19NO. The maximum Gasteiger partial charge on any atom is 0.254 e. The molecule has 16 heavy (non-hydrogen) atoms. The van der Waals surface area contributed by atoms with Crippen molar-refractivity contribution >= 4 is 5.91 Å². The molecule has 0 aromatic heterocycles. The van der Waals surface area contributed by atoms with Crippen molar-refractivity contribution in [1.82, 2.24) is 4.90 Å². The Morgan fingerprint density at radius 1 is 1.31 bits per heavy atom. The van der Waals surface area contributed by atoms with Crippen LogP contribution in [0, 0.1) is 5.92 Å². The molecule has 1 saturated heterocycles. The van der Waals surface area contributed by atoms with Gasteiger partial charge in [0.25, 0.3) is 5.91 Å². The van der Waals surface area contributed by atoms with Crippen molar-refractivity contribution < 1.29 is 4.79 Å². The molecule has 0 unspecified atom stereocenters. The molecule has 1 aromatic rings. The molecule has 0 bridgehead atoms. The van der Waals surface area contributed by atoms with Crippen molar-refractivity contribution in [3.63, 3.8) is 0 Å². The summed E-state index contributed by atoms with van der Waals surface area (Å²) in [4.78, 5) is 14.3. The minimum atomic E-state index is -0.0209. The lowest BCUT2D eigenvalue weighted by atomic mass is 9.90. The predicted octanol–water partition coefficient (Wildman–Crippen LogP) is 2.95. The van der Waals surface area contributed by atoms with E-state index in [-0.39, 0.29) is 11.4 Å². The molecule has 1 heterocycles. The van der Waals surface area contributed by atoms with Gasteiger partial charge in [-0.05, 0) is 38.3 Å². The molecule has 0 radical (unpaired) electrons. The van der Waals surface area contributed by atoms with Gasteiger partial charge >= 0.3 is 0 Å². The normalized spacial score (nSPS) is 23.4. The highest BCUT2D eigenvalue weighted by atomic mass is 16.2. The molecule has 1 aliphatic heterocycles. The lowest BCUT2D eigenvalue weighted by Gasteiger charge is -2.34. The van der Waals surface area contributed by atoms with E-state index in [2.05, 4.69) is 20.8 Å². The Hall–Kier alpha value is -1.31. The number of nitrogens with zero attached hydrogens (tertiary/aromatic N) is 1. The molecule has 86 valence electrons. The van der Waals surface area contributed by atoms with Crippen molar-refractivity contribution in [3.8, 4) is 0 Å². The third-order valence-corrected chi connectivity index (χ3v) is 3.95. The molecule has 0 N–H and O–H groups in total. The molecule has 1 atom stereocenters. The van der Waals surface area contributed by atoms with E-state index >= 15 is 0 Å². The standard InChI is InChI=1S/C14H19NO/c1-11-9-10-15(14(11,2)3)13(16)12-7-5-4-6-8-12/h4-8,11H,9-10H2,1-3H3/t11-/m0/s1. The Kier molecular flexibility index (Phi) is 2.75. The van der Waals surface area contributed by atoms with Gasteiger partial charge < -0.3 is 4.90 Å². The van der Waals surface area contributed by atoms with Crippen LogP contribution in [0.3, 0.4) is 0 Å². The monoisotopic (exact) mass is 217 g/mol. The third kappa shape index (κ3) is 1.73. The Balaban J connectivity index is 2.24. The van der Waals surface area contributed by atoms with Crippen LogP contribution in [0.1, 0.15) is 37.6 Å². The number of hydrogen-bond acceptors (Lipinski definition) is 1. The van der Waals surface area contributed by atoms with E-state index in [4.69, 9.17) is 0 Å². The fourth-order valence-electron chi connectivity index (χ4n) is 2.33. The minimum absolute atomic E-state index is 0.0209. The second kappa shape index (κ2) is 3.93.